The Hall–Kier alpha value is -1.43. The van der Waals surface area contributed by atoms with Crippen molar-refractivity contribution in [2.24, 2.45) is 0 Å². The maximum atomic E-state index is 11.1. The second-order valence-corrected chi connectivity index (χ2v) is 4.78. The Morgan fingerprint density at radius 2 is 1.88 bits per heavy atom. The first-order chi connectivity index (χ1) is 10.6. The van der Waals surface area contributed by atoms with E-state index < -0.39 is 0 Å². The van der Waals surface area contributed by atoms with Crippen molar-refractivity contribution in [2.75, 3.05) is 5.32 Å². The zero-order valence-corrected chi connectivity index (χ0v) is 17.8. The van der Waals surface area contributed by atoms with Gasteiger partial charge in [-0.3, -0.25) is 4.79 Å². The standard InChI is InChI=1S/C17H14N3O2.H2O.V.Y/c1-11-5-3-4-6-15(11)20-17-14-9-13(22-12(2)21)7-8-16(14)18-10-19-17;;;/h3-10H,1H2,2H3,(H,18,19,20);1H2;;/q-1;;;. The summed E-state index contributed by atoms with van der Waals surface area (Å²) in [6, 6.07) is 12.9. The van der Waals surface area contributed by atoms with E-state index >= 15 is 0 Å². The van der Waals surface area contributed by atoms with Gasteiger partial charge in [-0.15, -0.1) is 6.07 Å². The maximum absolute atomic E-state index is 11.1. The van der Waals surface area contributed by atoms with Crippen LogP contribution in [0.2, 0.25) is 0 Å². The number of rotatable bonds is 3. The maximum Gasteiger partial charge on any atom is 0.308 e. The second-order valence-electron chi connectivity index (χ2n) is 4.78. The van der Waals surface area contributed by atoms with Crippen LogP contribution in [0.5, 0.6) is 5.75 Å². The van der Waals surface area contributed by atoms with Gasteiger partial charge in [0, 0.05) is 63.6 Å². The van der Waals surface area contributed by atoms with E-state index in [0.29, 0.717) is 11.6 Å². The molecule has 0 bridgehead atoms. The molecule has 25 heavy (non-hydrogen) atoms. The Balaban J connectivity index is 0.00000192. The Bertz CT molecular complexity index is 861. The fourth-order valence-corrected chi connectivity index (χ4v) is 2.13. The van der Waals surface area contributed by atoms with Crippen LogP contribution in [0, 0.1) is 6.92 Å². The van der Waals surface area contributed by atoms with Crippen molar-refractivity contribution in [2.45, 2.75) is 6.92 Å². The third-order valence-electron chi connectivity index (χ3n) is 3.14. The number of anilines is 2. The molecule has 1 heterocycles. The molecule has 0 spiro atoms. The Morgan fingerprint density at radius 1 is 1.16 bits per heavy atom. The summed E-state index contributed by atoms with van der Waals surface area (Å²) in [7, 11) is 0. The van der Waals surface area contributed by atoms with Crippen LogP contribution in [0.3, 0.4) is 0 Å². The van der Waals surface area contributed by atoms with Crippen LogP contribution in [0.1, 0.15) is 12.5 Å². The van der Waals surface area contributed by atoms with Gasteiger partial charge in [-0.2, -0.15) is 18.6 Å². The van der Waals surface area contributed by atoms with E-state index in [9.17, 15) is 4.79 Å². The summed E-state index contributed by atoms with van der Waals surface area (Å²) in [6.45, 7) is 5.34. The topological polar surface area (TPSA) is 95.6 Å². The zero-order valence-electron chi connectivity index (χ0n) is 13.6. The smallest absolute Gasteiger partial charge is 0.308 e. The molecule has 1 aromatic heterocycles. The average Bonchev–Trinajstić information content (AvgIpc) is 2.49. The number of nitrogens with one attached hydrogen (secondary N) is 1. The third-order valence-corrected chi connectivity index (χ3v) is 3.14. The minimum atomic E-state index is -0.367. The molecule has 0 saturated heterocycles. The van der Waals surface area contributed by atoms with E-state index in [-0.39, 0.29) is 62.7 Å². The van der Waals surface area contributed by atoms with Gasteiger partial charge in [0.25, 0.3) is 0 Å². The minimum Gasteiger partial charge on any atom is -0.427 e. The van der Waals surface area contributed by atoms with Gasteiger partial charge in [0.2, 0.25) is 0 Å². The van der Waals surface area contributed by atoms with Gasteiger partial charge in [0.1, 0.15) is 17.9 Å². The number of hydrogen-bond donors (Lipinski definition) is 1. The number of benzene rings is 2. The van der Waals surface area contributed by atoms with Crippen LogP contribution in [0.25, 0.3) is 10.9 Å². The Labute approximate surface area is 182 Å². The van der Waals surface area contributed by atoms with Gasteiger partial charge in [-0.25, -0.2) is 9.97 Å². The molecule has 8 heteroatoms. The van der Waals surface area contributed by atoms with Crippen molar-refractivity contribution < 1.29 is 66.3 Å². The first-order valence-electron chi connectivity index (χ1n) is 6.74. The van der Waals surface area contributed by atoms with Crippen LogP contribution in [-0.2, 0) is 56.1 Å². The predicted octanol–water partition coefficient (Wildman–Crippen LogP) is 2.65. The minimum absolute atomic E-state index is 0. The number of esters is 1. The van der Waals surface area contributed by atoms with Crippen molar-refractivity contribution in [3.05, 3.63) is 61.3 Å². The molecule has 6 nitrogen and oxygen atoms in total. The summed E-state index contributed by atoms with van der Waals surface area (Å²) in [5, 5.41) is 4.01. The quantitative estimate of drug-likeness (QED) is 0.376. The van der Waals surface area contributed by atoms with Crippen molar-refractivity contribution in [1.29, 1.82) is 0 Å². The van der Waals surface area contributed by atoms with Gasteiger partial charge >= 0.3 is 5.97 Å². The van der Waals surface area contributed by atoms with E-state index in [4.69, 9.17) is 4.74 Å². The largest absolute Gasteiger partial charge is 0.427 e. The van der Waals surface area contributed by atoms with E-state index in [0.717, 1.165) is 22.2 Å². The van der Waals surface area contributed by atoms with Gasteiger partial charge < -0.3 is 15.5 Å². The number of nitrogens with zero attached hydrogens (tertiary/aromatic N) is 2. The Kier molecular flexibility index (Phi) is 9.93. The van der Waals surface area contributed by atoms with E-state index in [2.05, 4.69) is 22.2 Å². The van der Waals surface area contributed by atoms with Crippen LogP contribution in [0.15, 0.2) is 48.8 Å². The van der Waals surface area contributed by atoms with Gasteiger partial charge in [-0.05, 0) is 18.2 Å². The molecule has 3 aromatic rings. The number of para-hydroxylation sites is 1. The van der Waals surface area contributed by atoms with Gasteiger partial charge in [0.15, 0.2) is 0 Å². The van der Waals surface area contributed by atoms with Gasteiger partial charge in [-0.1, -0.05) is 17.8 Å². The Morgan fingerprint density at radius 3 is 2.56 bits per heavy atom. The molecule has 3 N–H and O–H groups in total. The molecule has 0 aliphatic carbocycles. The van der Waals surface area contributed by atoms with E-state index in [1.54, 1.807) is 18.2 Å². The zero-order chi connectivity index (χ0) is 15.5. The summed E-state index contributed by atoms with van der Waals surface area (Å²) < 4.78 is 5.12. The fraction of sp³-hybridized carbons (Fsp3) is 0.0588. The van der Waals surface area contributed by atoms with Crippen molar-refractivity contribution >= 4 is 28.4 Å². The summed E-state index contributed by atoms with van der Waals surface area (Å²) in [5.74, 6) is 0.727. The summed E-state index contributed by atoms with van der Waals surface area (Å²) >= 11 is 0. The van der Waals surface area contributed by atoms with Crippen molar-refractivity contribution in [3.63, 3.8) is 0 Å². The SMILES string of the molecule is O.[CH2-]c1ccccc1Nc1ncnc2ccc(OC(C)=O)cc12.[V].[Y]. The first kappa shape index (κ1) is 23.6. The molecule has 0 aliphatic heterocycles. The number of carbonyl (C=O) groups excluding carboxylic acids is 1. The molecule has 2 radical (unpaired) electrons. The molecule has 126 valence electrons. The summed E-state index contributed by atoms with van der Waals surface area (Å²) in [5.41, 5.74) is 2.49. The molecule has 0 atom stereocenters. The fourth-order valence-electron chi connectivity index (χ4n) is 2.13. The molecule has 2 aromatic carbocycles. The molecular formula is C17H16N3O3VY-. The summed E-state index contributed by atoms with van der Waals surface area (Å²) in [4.78, 5) is 19.6. The molecule has 0 saturated carbocycles. The normalized spacial score (nSPS) is 9.16. The number of carbonyl (C=O) groups is 1. The number of aromatic nitrogens is 2. The number of ether oxygens (including phenoxy) is 1. The predicted molar refractivity (Wildman–Crippen MR) is 88.6 cm³/mol. The van der Waals surface area contributed by atoms with Crippen LogP contribution >= 0.6 is 0 Å². The molecule has 3 rings (SSSR count). The van der Waals surface area contributed by atoms with Crippen LogP contribution in [0.4, 0.5) is 11.5 Å². The van der Waals surface area contributed by atoms with Crippen molar-refractivity contribution in [3.8, 4) is 5.75 Å². The number of hydrogen-bond acceptors (Lipinski definition) is 5. The van der Waals surface area contributed by atoms with Crippen LogP contribution < -0.4 is 10.1 Å². The van der Waals surface area contributed by atoms with Crippen LogP contribution in [-0.4, -0.2) is 21.4 Å². The van der Waals surface area contributed by atoms with E-state index in [1.807, 2.05) is 24.3 Å². The first-order valence-corrected chi connectivity index (χ1v) is 6.74. The third kappa shape index (κ3) is 5.80. The number of fused-ring (bicyclic) bond motifs is 1. The second kappa shape index (κ2) is 10.5. The molecule has 0 fully saturated rings. The molecular weight excluding hydrogens is 434 g/mol. The monoisotopic (exact) mass is 450 g/mol. The molecule has 0 aliphatic rings. The van der Waals surface area contributed by atoms with Crippen molar-refractivity contribution in [1.82, 2.24) is 9.97 Å². The van der Waals surface area contributed by atoms with Gasteiger partial charge in [0.05, 0.1) is 5.52 Å². The molecule has 0 unspecified atom stereocenters. The van der Waals surface area contributed by atoms with E-state index in [1.165, 1.54) is 13.3 Å². The summed E-state index contributed by atoms with van der Waals surface area (Å²) in [6.07, 6.45) is 1.49. The average molecular weight is 450 g/mol. The molecule has 0 amide bonds.